The van der Waals surface area contributed by atoms with Crippen LogP contribution in [0.5, 0.6) is 5.75 Å². The second-order valence-electron chi connectivity index (χ2n) is 7.00. The summed E-state index contributed by atoms with van der Waals surface area (Å²) in [7, 11) is 0. The van der Waals surface area contributed by atoms with Crippen LogP contribution in [0, 0.1) is 11.7 Å². The lowest BCUT2D eigenvalue weighted by Gasteiger charge is -2.34. The molecule has 4 nitrogen and oxygen atoms in total. The van der Waals surface area contributed by atoms with Crippen LogP contribution in [0.1, 0.15) is 30.1 Å². The van der Waals surface area contributed by atoms with Crippen LogP contribution < -0.4 is 4.74 Å². The zero-order chi connectivity index (χ0) is 21.0. The Morgan fingerprint density at radius 3 is 2.34 bits per heavy atom. The Morgan fingerprint density at radius 1 is 1.10 bits per heavy atom. The normalized spacial score (nSPS) is 16.5. The number of rotatable bonds is 5. The highest BCUT2D eigenvalue weighted by Crippen LogP contribution is 2.36. The van der Waals surface area contributed by atoms with Crippen molar-refractivity contribution in [1.29, 1.82) is 0 Å². The molecule has 3 rings (SSSR count). The Morgan fingerprint density at radius 2 is 1.72 bits per heavy atom. The molecular formula is C21H21F4NO3. The van der Waals surface area contributed by atoms with Crippen LogP contribution >= 0.6 is 0 Å². The fourth-order valence-electron chi connectivity index (χ4n) is 3.45. The molecule has 1 fully saturated rings. The number of para-hydroxylation sites is 1. The summed E-state index contributed by atoms with van der Waals surface area (Å²) in [6.45, 7) is 0.246. The molecule has 0 radical (unpaired) electrons. The van der Waals surface area contributed by atoms with Crippen molar-refractivity contribution >= 4 is 5.91 Å². The minimum absolute atomic E-state index is 0.0867. The van der Waals surface area contributed by atoms with Crippen LogP contribution in [0.3, 0.4) is 0 Å². The Hall–Kier alpha value is -2.61. The van der Waals surface area contributed by atoms with Gasteiger partial charge in [-0.15, -0.1) is 0 Å². The van der Waals surface area contributed by atoms with E-state index in [4.69, 9.17) is 4.74 Å². The molecule has 1 heterocycles. The third-order valence-corrected chi connectivity index (χ3v) is 5.09. The van der Waals surface area contributed by atoms with Crippen molar-refractivity contribution in [3.8, 4) is 5.75 Å². The summed E-state index contributed by atoms with van der Waals surface area (Å²) in [6, 6.07) is 10.4. The van der Waals surface area contributed by atoms with Gasteiger partial charge >= 0.3 is 6.18 Å². The molecule has 1 saturated heterocycles. The molecule has 156 valence electrons. The molecular weight excluding hydrogens is 390 g/mol. The number of piperidine rings is 1. The van der Waals surface area contributed by atoms with Gasteiger partial charge in [0.05, 0.1) is 11.7 Å². The van der Waals surface area contributed by atoms with E-state index in [0.29, 0.717) is 31.5 Å². The maximum Gasteiger partial charge on any atom is 0.419 e. The summed E-state index contributed by atoms with van der Waals surface area (Å²) in [5.41, 5.74) is -0.308. The molecule has 0 saturated carbocycles. The van der Waals surface area contributed by atoms with E-state index >= 15 is 0 Å². The first-order valence-corrected chi connectivity index (χ1v) is 9.26. The predicted molar refractivity (Wildman–Crippen MR) is 97.6 cm³/mol. The van der Waals surface area contributed by atoms with Gasteiger partial charge in [0.15, 0.2) is 6.61 Å². The highest BCUT2D eigenvalue weighted by atomic mass is 19.4. The third kappa shape index (κ3) is 5.26. The van der Waals surface area contributed by atoms with Crippen molar-refractivity contribution in [2.45, 2.75) is 25.1 Å². The third-order valence-electron chi connectivity index (χ3n) is 5.09. The number of alkyl halides is 3. The quantitative estimate of drug-likeness (QED) is 0.751. The number of likely N-dealkylation sites (tertiary alicyclic amines) is 1. The first-order valence-electron chi connectivity index (χ1n) is 9.26. The zero-order valence-corrected chi connectivity index (χ0v) is 15.5. The van der Waals surface area contributed by atoms with Gasteiger partial charge in [0.2, 0.25) is 0 Å². The Kier molecular flexibility index (Phi) is 6.42. The van der Waals surface area contributed by atoms with E-state index in [0.717, 1.165) is 6.07 Å². The van der Waals surface area contributed by atoms with Gasteiger partial charge in [-0.3, -0.25) is 4.79 Å². The molecule has 0 bridgehead atoms. The van der Waals surface area contributed by atoms with Crippen molar-refractivity contribution in [3.63, 3.8) is 0 Å². The molecule has 1 aliphatic heterocycles. The Balaban J connectivity index is 1.52. The monoisotopic (exact) mass is 411 g/mol. The number of aliphatic hydroxyl groups excluding tert-OH is 1. The van der Waals surface area contributed by atoms with Crippen LogP contribution in [0.4, 0.5) is 17.6 Å². The fourth-order valence-corrected chi connectivity index (χ4v) is 3.45. The molecule has 1 aliphatic rings. The van der Waals surface area contributed by atoms with Gasteiger partial charge in [-0.2, -0.15) is 13.2 Å². The van der Waals surface area contributed by atoms with E-state index in [-0.39, 0.29) is 17.5 Å². The number of benzene rings is 2. The summed E-state index contributed by atoms with van der Waals surface area (Å²) in [6.07, 6.45) is -4.26. The summed E-state index contributed by atoms with van der Waals surface area (Å²) in [4.78, 5) is 13.8. The molecule has 0 aromatic heterocycles. The summed E-state index contributed by atoms with van der Waals surface area (Å²) in [5.74, 6) is -1.25. The minimum atomic E-state index is -4.56. The first-order chi connectivity index (χ1) is 13.8. The smallest absolute Gasteiger partial charge is 0.419 e. The number of halogens is 4. The lowest BCUT2D eigenvalue weighted by atomic mass is 9.87. The molecule has 2 aromatic rings. The molecule has 1 N–H and O–H groups in total. The molecule has 29 heavy (non-hydrogen) atoms. The molecule has 1 amide bonds. The molecule has 1 atom stereocenters. The van der Waals surface area contributed by atoms with Gasteiger partial charge in [-0.25, -0.2) is 4.39 Å². The van der Waals surface area contributed by atoms with Crippen LogP contribution in [0.2, 0.25) is 0 Å². The zero-order valence-electron chi connectivity index (χ0n) is 15.5. The average molecular weight is 411 g/mol. The van der Waals surface area contributed by atoms with E-state index in [1.54, 1.807) is 0 Å². The lowest BCUT2D eigenvalue weighted by Crippen LogP contribution is -2.42. The highest BCUT2D eigenvalue weighted by Gasteiger charge is 2.34. The van der Waals surface area contributed by atoms with Gasteiger partial charge in [0, 0.05) is 13.1 Å². The van der Waals surface area contributed by atoms with Gasteiger partial charge in [-0.1, -0.05) is 24.3 Å². The number of hydrogen-bond donors (Lipinski definition) is 1. The topological polar surface area (TPSA) is 49.8 Å². The van der Waals surface area contributed by atoms with E-state index in [2.05, 4.69) is 0 Å². The highest BCUT2D eigenvalue weighted by molar-refractivity contribution is 5.77. The maximum atomic E-state index is 13.0. The number of aliphatic hydroxyl groups is 1. The van der Waals surface area contributed by atoms with Crippen LogP contribution in [-0.2, 0) is 11.0 Å². The van der Waals surface area contributed by atoms with E-state index in [1.807, 2.05) is 0 Å². The standard InChI is InChI=1S/C21H21F4NO3/c22-16-7-5-14(6-8-16)20(28)15-9-11-26(12-10-15)19(27)13-29-18-4-2-1-3-17(18)21(23,24)25/h1-8,15,20,28H,9-13H2. The van der Waals surface area contributed by atoms with E-state index < -0.39 is 30.4 Å². The SMILES string of the molecule is O=C(COc1ccccc1C(F)(F)F)N1CCC(C(O)c2ccc(F)cc2)CC1. The summed E-state index contributed by atoms with van der Waals surface area (Å²) in [5, 5.41) is 10.5. The summed E-state index contributed by atoms with van der Waals surface area (Å²) >= 11 is 0. The van der Waals surface area contributed by atoms with Gasteiger partial charge in [0.25, 0.3) is 5.91 Å². The van der Waals surface area contributed by atoms with Crippen molar-refractivity contribution in [1.82, 2.24) is 4.90 Å². The van der Waals surface area contributed by atoms with Crippen LogP contribution in [-0.4, -0.2) is 35.6 Å². The lowest BCUT2D eigenvalue weighted by molar-refractivity contribution is -0.141. The number of carbonyl (C=O) groups excluding carboxylic acids is 1. The Labute approximate surface area is 165 Å². The maximum absolute atomic E-state index is 13.0. The van der Waals surface area contributed by atoms with Crippen molar-refractivity contribution in [3.05, 3.63) is 65.5 Å². The Bertz CT molecular complexity index is 831. The number of carbonyl (C=O) groups is 1. The van der Waals surface area contributed by atoms with E-state index in [1.165, 1.54) is 47.4 Å². The fraction of sp³-hybridized carbons (Fsp3) is 0.381. The number of nitrogens with zero attached hydrogens (tertiary/aromatic N) is 1. The van der Waals surface area contributed by atoms with Crippen molar-refractivity contribution in [2.75, 3.05) is 19.7 Å². The average Bonchev–Trinajstić information content (AvgIpc) is 2.71. The second-order valence-corrected chi connectivity index (χ2v) is 7.00. The van der Waals surface area contributed by atoms with Gasteiger partial charge < -0.3 is 14.7 Å². The summed E-state index contributed by atoms with van der Waals surface area (Å²) < 4.78 is 57.1. The van der Waals surface area contributed by atoms with Crippen molar-refractivity contribution < 1.29 is 32.2 Å². The molecule has 0 spiro atoms. The molecule has 8 heteroatoms. The predicted octanol–water partition coefficient (Wildman–Crippen LogP) is 4.20. The number of hydrogen-bond acceptors (Lipinski definition) is 3. The number of ether oxygens (including phenoxy) is 1. The van der Waals surface area contributed by atoms with Crippen LogP contribution in [0.25, 0.3) is 0 Å². The largest absolute Gasteiger partial charge is 0.483 e. The first kappa shape index (κ1) is 21.1. The van der Waals surface area contributed by atoms with E-state index in [9.17, 15) is 27.5 Å². The van der Waals surface area contributed by atoms with Crippen molar-refractivity contribution in [2.24, 2.45) is 5.92 Å². The minimum Gasteiger partial charge on any atom is -0.483 e. The van der Waals surface area contributed by atoms with Crippen LogP contribution in [0.15, 0.2) is 48.5 Å². The molecule has 2 aromatic carbocycles. The van der Waals surface area contributed by atoms with Gasteiger partial charge in [-0.05, 0) is 48.6 Å². The number of amides is 1. The second kappa shape index (κ2) is 8.82. The molecule has 0 aliphatic carbocycles. The molecule has 1 unspecified atom stereocenters. The van der Waals surface area contributed by atoms with Gasteiger partial charge in [0.1, 0.15) is 11.6 Å².